The fourth-order valence-corrected chi connectivity index (χ4v) is 5.71. The van der Waals surface area contributed by atoms with E-state index in [0.29, 0.717) is 11.1 Å². The summed E-state index contributed by atoms with van der Waals surface area (Å²) in [5.41, 5.74) is 6.19. The van der Waals surface area contributed by atoms with Crippen molar-refractivity contribution >= 4 is 21.5 Å². The van der Waals surface area contributed by atoms with Crippen LogP contribution in [0.4, 0.5) is 0 Å². The highest BCUT2D eigenvalue weighted by Crippen LogP contribution is 2.47. The van der Waals surface area contributed by atoms with Crippen LogP contribution in [0.25, 0.3) is 32.7 Å². The molecule has 0 aromatic heterocycles. The first-order valence-corrected chi connectivity index (χ1v) is 12.5. The Balaban J connectivity index is 1.91. The molecule has 0 aliphatic rings. The second-order valence-electron chi connectivity index (χ2n) is 10.4. The maximum atomic E-state index is 10.5. The third-order valence-corrected chi connectivity index (χ3v) is 7.67. The highest BCUT2D eigenvalue weighted by molar-refractivity contribution is 6.15. The SMILES string of the molecule is Cc1cc(-c2c3ccccc3c(C(C)(C)c3cc(C)c(O)c(CO)c3)c3ccccc23)cc(CO)c1O. The van der Waals surface area contributed by atoms with E-state index >= 15 is 0 Å². The van der Waals surface area contributed by atoms with Crippen LogP contribution in [0.2, 0.25) is 0 Å². The van der Waals surface area contributed by atoms with Crippen molar-refractivity contribution in [2.75, 3.05) is 0 Å². The van der Waals surface area contributed by atoms with Gasteiger partial charge >= 0.3 is 0 Å². The number of aromatic hydroxyl groups is 2. The Morgan fingerprint density at radius 2 is 1.08 bits per heavy atom. The first-order chi connectivity index (χ1) is 17.7. The number of aliphatic hydroxyl groups excluding tert-OH is 2. The summed E-state index contributed by atoms with van der Waals surface area (Å²) in [6.45, 7) is 7.61. The average molecular weight is 493 g/mol. The van der Waals surface area contributed by atoms with Crippen molar-refractivity contribution in [2.24, 2.45) is 0 Å². The van der Waals surface area contributed by atoms with Crippen molar-refractivity contribution in [1.29, 1.82) is 0 Å². The first kappa shape index (κ1) is 24.8. The minimum Gasteiger partial charge on any atom is -0.507 e. The summed E-state index contributed by atoms with van der Waals surface area (Å²) in [5.74, 6) is 0.259. The zero-order valence-electron chi connectivity index (χ0n) is 21.6. The van der Waals surface area contributed by atoms with Gasteiger partial charge in [0.05, 0.1) is 13.2 Å². The first-order valence-electron chi connectivity index (χ1n) is 12.5. The lowest BCUT2D eigenvalue weighted by atomic mass is 9.72. The molecule has 5 aromatic carbocycles. The summed E-state index contributed by atoms with van der Waals surface area (Å²) in [6, 6.07) is 24.4. The van der Waals surface area contributed by atoms with Gasteiger partial charge in [-0.15, -0.1) is 0 Å². The molecule has 4 heteroatoms. The van der Waals surface area contributed by atoms with Gasteiger partial charge in [-0.1, -0.05) is 68.4 Å². The van der Waals surface area contributed by atoms with Gasteiger partial charge in [-0.3, -0.25) is 0 Å². The molecule has 37 heavy (non-hydrogen) atoms. The van der Waals surface area contributed by atoms with Crippen LogP contribution < -0.4 is 0 Å². The minimum atomic E-state index is -0.457. The van der Waals surface area contributed by atoms with E-state index < -0.39 is 5.41 Å². The maximum Gasteiger partial charge on any atom is 0.124 e. The molecule has 0 radical (unpaired) electrons. The van der Waals surface area contributed by atoms with Gasteiger partial charge in [-0.05, 0) is 87.0 Å². The Morgan fingerprint density at radius 3 is 1.59 bits per heavy atom. The van der Waals surface area contributed by atoms with Crippen LogP contribution in [0.5, 0.6) is 11.5 Å². The molecule has 0 atom stereocenters. The molecule has 188 valence electrons. The fraction of sp³-hybridized carbons (Fsp3) is 0.212. The van der Waals surface area contributed by atoms with Gasteiger partial charge in [0, 0.05) is 16.5 Å². The van der Waals surface area contributed by atoms with E-state index in [1.165, 1.54) is 0 Å². The number of rotatable bonds is 5. The molecule has 0 amide bonds. The van der Waals surface area contributed by atoms with Crippen molar-refractivity contribution in [2.45, 2.75) is 46.3 Å². The van der Waals surface area contributed by atoms with Gasteiger partial charge in [-0.25, -0.2) is 0 Å². The van der Waals surface area contributed by atoms with Crippen LogP contribution in [-0.4, -0.2) is 20.4 Å². The van der Waals surface area contributed by atoms with Crippen LogP contribution >= 0.6 is 0 Å². The molecule has 0 saturated carbocycles. The Morgan fingerprint density at radius 1 is 0.622 bits per heavy atom. The third-order valence-electron chi connectivity index (χ3n) is 7.67. The van der Waals surface area contributed by atoms with Crippen LogP contribution in [0.3, 0.4) is 0 Å². The zero-order valence-corrected chi connectivity index (χ0v) is 21.6. The summed E-state index contributed by atoms with van der Waals surface area (Å²) in [7, 11) is 0. The van der Waals surface area contributed by atoms with E-state index in [2.05, 4.69) is 38.1 Å². The second kappa shape index (κ2) is 9.22. The lowest BCUT2D eigenvalue weighted by molar-refractivity contribution is 0.274. The molecule has 0 heterocycles. The molecule has 0 fully saturated rings. The van der Waals surface area contributed by atoms with E-state index in [1.54, 1.807) is 0 Å². The standard InChI is InChI=1S/C33H32O4/c1-19-13-21(15-22(17-34)31(19)36)29-25-9-5-7-11-27(25)30(28-12-8-6-10-26(28)29)33(3,4)24-14-20(2)32(37)23(16-24)18-35/h5-16,34-37H,17-18H2,1-4H3. The van der Waals surface area contributed by atoms with Crippen LogP contribution in [0.1, 0.15) is 47.2 Å². The molecule has 0 spiro atoms. The molecule has 5 rings (SSSR count). The van der Waals surface area contributed by atoms with Crippen LogP contribution in [0.15, 0.2) is 72.8 Å². The number of phenols is 2. The molecular weight excluding hydrogens is 460 g/mol. The Labute approximate surface area is 217 Å². The van der Waals surface area contributed by atoms with Gasteiger partial charge in [0.2, 0.25) is 0 Å². The van der Waals surface area contributed by atoms with E-state index in [0.717, 1.165) is 54.9 Å². The van der Waals surface area contributed by atoms with Gasteiger partial charge in [0.15, 0.2) is 0 Å². The second-order valence-corrected chi connectivity index (χ2v) is 10.4. The monoisotopic (exact) mass is 492 g/mol. The predicted molar refractivity (Wildman–Crippen MR) is 150 cm³/mol. The maximum absolute atomic E-state index is 10.5. The van der Waals surface area contributed by atoms with Crippen molar-refractivity contribution in [3.8, 4) is 22.6 Å². The van der Waals surface area contributed by atoms with Gasteiger partial charge in [-0.2, -0.15) is 0 Å². The predicted octanol–water partition coefficient (Wildman–Crippen LogP) is 7.00. The number of benzene rings is 5. The van der Waals surface area contributed by atoms with Crippen molar-refractivity contribution in [3.63, 3.8) is 0 Å². The summed E-state index contributed by atoms with van der Waals surface area (Å²) < 4.78 is 0. The number of fused-ring (bicyclic) bond motifs is 2. The summed E-state index contributed by atoms with van der Waals surface area (Å²) in [5, 5.41) is 45.1. The van der Waals surface area contributed by atoms with Crippen LogP contribution in [0, 0.1) is 13.8 Å². The molecule has 0 aliphatic heterocycles. The lowest BCUT2D eigenvalue weighted by Crippen LogP contribution is -2.21. The normalized spacial score (nSPS) is 11.9. The summed E-state index contributed by atoms with van der Waals surface area (Å²) in [6.07, 6.45) is 0. The molecule has 0 aliphatic carbocycles. The van der Waals surface area contributed by atoms with Gasteiger partial charge in [0.1, 0.15) is 11.5 Å². The molecule has 5 aromatic rings. The number of hydrogen-bond acceptors (Lipinski definition) is 4. The number of aliphatic hydroxyl groups is 2. The molecule has 4 N–H and O–H groups in total. The molecular formula is C33H32O4. The Bertz CT molecular complexity index is 1610. The van der Waals surface area contributed by atoms with Crippen molar-refractivity contribution in [3.05, 3.63) is 106 Å². The summed E-state index contributed by atoms with van der Waals surface area (Å²) in [4.78, 5) is 0. The van der Waals surface area contributed by atoms with Gasteiger partial charge < -0.3 is 20.4 Å². The minimum absolute atomic E-state index is 0.125. The largest absolute Gasteiger partial charge is 0.507 e. The lowest BCUT2D eigenvalue weighted by Gasteiger charge is -2.31. The van der Waals surface area contributed by atoms with E-state index in [9.17, 15) is 20.4 Å². The highest BCUT2D eigenvalue weighted by atomic mass is 16.3. The van der Waals surface area contributed by atoms with E-state index in [-0.39, 0.29) is 24.7 Å². The topological polar surface area (TPSA) is 80.9 Å². The smallest absolute Gasteiger partial charge is 0.124 e. The summed E-state index contributed by atoms with van der Waals surface area (Å²) >= 11 is 0. The van der Waals surface area contributed by atoms with Crippen molar-refractivity contribution < 1.29 is 20.4 Å². The molecule has 0 bridgehead atoms. The average Bonchev–Trinajstić information content (AvgIpc) is 2.89. The molecule has 4 nitrogen and oxygen atoms in total. The van der Waals surface area contributed by atoms with E-state index in [1.807, 2.05) is 62.4 Å². The molecule has 0 saturated heterocycles. The zero-order chi connectivity index (χ0) is 26.5. The third kappa shape index (κ3) is 3.93. The van der Waals surface area contributed by atoms with E-state index in [4.69, 9.17) is 0 Å². The Kier molecular flexibility index (Phi) is 6.18. The number of hydrogen-bond donors (Lipinski definition) is 4. The van der Waals surface area contributed by atoms with Crippen LogP contribution in [-0.2, 0) is 18.6 Å². The number of aryl methyl sites for hydroxylation is 2. The quantitative estimate of drug-likeness (QED) is 0.199. The molecule has 0 unspecified atom stereocenters. The highest BCUT2D eigenvalue weighted by Gasteiger charge is 2.30. The van der Waals surface area contributed by atoms with Crippen molar-refractivity contribution in [1.82, 2.24) is 0 Å². The van der Waals surface area contributed by atoms with Gasteiger partial charge in [0.25, 0.3) is 0 Å². The Hall–Kier alpha value is -3.86. The fourth-order valence-electron chi connectivity index (χ4n) is 5.71.